The van der Waals surface area contributed by atoms with Gasteiger partial charge in [0.05, 0.1) is 12.9 Å². The van der Waals surface area contributed by atoms with Crippen LogP contribution in [0.25, 0.3) is 0 Å². The van der Waals surface area contributed by atoms with Crippen LogP contribution >= 0.6 is 0 Å². The van der Waals surface area contributed by atoms with Crippen molar-refractivity contribution in [1.29, 1.82) is 0 Å². The summed E-state index contributed by atoms with van der Waals surface area (Å²) < 4.78 is 9.46. The Bertz CT molecular complexity index is 208. The van der Waals surface area contributed by atoms with E-state index in [0.29, 0.717) is 25.9 Å². The van der Waals surface area contributed by atoms with Gasteiger partial charge < -0.3 is 9.47 Å². The molecule has 0 rings (SSSR count). The van der Waals surface area contributed by atoms with Crippen molar-refractivity contribution in [1.82, 2.24) is 0 Å². The summed E-state index contributed by atoms with van der Waals surface area (Å²) in [6.45, 7) is 3.78. The summed E-state index contributed by atoms with van der Waals surface area (Å²) in [6, 6.07) is 0. The van der Waals surface area contributed by atoms with Gasteiger partial charge in [-0.05, 0) is 6.08 Å². The molecular weight excluding hydrogens is 184 g/mol. The van der Waals surface area contributed by atoms with Crippen LogP contribution in [-0.4, -0.2) is 18.5 Å². The number of hydrogen-bond donors (Lipinski definition) is 0. The van der Waals surface area contributed by atoms with Crippen molar-refractivity contribution in [2.75, 3.05) is 6.61 Å². The van der Waals surface area contributed by atoms with Gasteiger partial charge >= 0.3 is 11.9 Å². The van der Waals surface area contributed by atoms with Crippen molar-refractivity contribution in [3.63, 3.8) is 0 Å². The fraction of sp³-hybridized carbons (Fsp3) is 0.600. The van der Waals surface area contributed by atoms with Gasteiger partial charge in [-0.25, -0.2) is 0 Å². The molecule has 14 heavy (non-hydrogen) atoms. The standard InChI is InChI=1S/C10H16O4/c1-3-9(11)13-7-5-6-8-14-10(12)4-2/h5,7H,3-4,6,8H2,1-2H3. The number of carbonyl (C=O) groups excluding carboxylic acids is 2. The van der Waals surface area contributed by atoms with Gasteiger partial charge in [0.1, 0.15) is 0 Å². The molecule has 0 atom stereocenters. The Morgan fingerprint density at radius 2 is 1.79 bits per heavy atom. The maximum Gasteiger partial charge on any atom is 0.310 e. The second-order valence-electron chi connectivity index (χ2n) is 2.58. The zero-order valence-electron chi connectivity index (χ0n) is 8.62. The third-order valence-electron chi connectivity index (χ3n) is 1.42. The van der Waals surface area contributed by atoms with E-state index in [0.717, 1.165) is 0 Å². The summed E-state index contributed by atoms with van der Waals surface area (Å²) in [5.41, 5.74) is 0. The average molecular weight is 200 g/mol. The van der Waals surface area contributed by atoms with E-state index in [2.05, 4.69) is 4.74 Å². The van der Waals surface area contributed by atoms with Gasteiger partial charge in [-0.15, -0.1) is 0 Å². The Kier molecular flexibility index (Phi) is 7.50. The minimum absolute atomic E-state index is 0.219. The molecule has 0 fully saturated rings. The van der Waals surface area contributed by atoms with Crippen molar-refractivity contribution >= 4 is 11.9 Å². The average Bonchev–Trinajstić information content (AvgIpc) is 2.22. The maximum atomic E-state index is 10.7. The third-order valence-corrected chi connectivity index (χ3v) is 1.42. The molecule has 4 nitrogen and oxygen atoms in total. The first-order chi connectivity index (χ1) is 6.70. The molecule has 4 heteroatoms. The van der Waals surface area contributed by atoms with Crippen molar-refractivity contribution in [3.8, 4) is 0 Å². The summed E-state index contributed by atoms with van der Waals surface area (Å²) in [4.78, 5) is 21.3. The van der Waals surface area contributed by atoms with Gasteiger partial charge in [-0.2, -0.15) is 0 Å². The van der Waals surface area contributed by atoms with E-state index in [4.69, 9.17) is 4.74 Å². The molecule has 0 bridgehead atoms. The van der Waals surface area contributed by atoms with E-state index in [1.807, 2.05) is 0 Å². The van der Waals surface area contributed by atoms with Gasteiger partial charge in [0.2, 0.25) is 0 Å². The lowest BCUT2D eigenvalue weighted by atomic mass is 10.4. The predicted molar refractivity (Wildman–Crippen MR) is 51.4 cm³/mol. The van der Waals surface area contributed by atoms with E-state index in [9.17, 15) is 9.59 Å². The lowest BCUT2D eigenvalue weighted by Gasteiger charge is -1.99. The molecule has 0 aromatic heterocycles. The number of esters is 2. The van der Waals surface area contributed by atoms with E-state index in [-0.39, 0.29) is 11.9 Å². The second-order valence-corrected chi connectivity index (χ2v) is 2.58. The second kappa shape index (κ2) is 8.29. The lowest BCUT2D eigenvalue weighted by molar-refractivity contribution is -0.143. The monoisotopic (exact) mass is 200 g/mol. The first kappa shape index (κ1) is 12.7. The van der Waals surface area contributed by atoms with E-state index in [1.54, 1.807) is 19.9 Å². The summed E-state index contributed by atoms with van der Waals surface area (Å²) >= 11 is 0. The Labute approximate surface area is 83.9 Å². The Morgan fingerprint density at radius 3 is 2.36 bits per heavy atom. The molecule has 0 radical (unpaired) electrons. The van der Waals surface area contributed by atoms with Crippen LogP contribution in [0.1, 0.15) is 33.1 Å². The van der Waals surface area contributed by atoms with Crippen molar-refractivity contribution in [2.24, 2.45) is 0 Å². The van der Waals surface area contributed by atoms with Gasteiger partial charge in [-0.1, -0.05) is 13.8 Å². The molecule has 0 saturated carbocycles. The fourth-order valence-electron chi connectivity index (χ4n) is 0.618. The first-order valence-electron chi connectivity index (χ1n) is 4.70. The number of hydrogen-bond acceptors (Lipinski definition) is 4. The lowest BCUT2D eigenvalue weighted by Crippen LogP contribution is -2.03. The minimum Gasteiger partial charge on any atom is -0.465 e. The largest absolute Gasteiger partial charge is 0.465 e. The molecule has 0 amide bonds. The van der Waals surface area contributed by atoms with Gasteiger partial charge in [0.15, 0.2) is 0 Å². The van der Waals surface area contributed by atoms with Crippen LogP contribution in [0.5, 0.6) is 0 Å². The highest BCUT2D eigenvalue weighted by Crippen LogP contribution is 1.91. The zero-order chi connectivity index (χ0) is 10.8. The molecule has 0 N–H and O–H groups in total. The van der Waals surface area contributed by atoms with Gasteiger partial charge in [0, 0.05) is 19.3 Å². The molecule has 0 aliphatic rings. The van der Waals surface area contributed by atoms with Crippen LogP contribution in [0.2, 0.25) is 0 Å². The minimum atomic E-state index is -0.271. The van der Waals surface area contributed by atoms with Crippen molar-refractivity contribution in [3.05, 3.63) is 12.3 Å². The maximum absolute atomic E-state index is 10.7. The van der Waals surface area contributed by atoms with Crippen molar-refractivity contribution in [2.45, 2.75) is 33.1 Å². The van der Waals surface area contributed by atoms with E-state index < -0.39 is 0 Å². The topological polar surface area (TPSA) is 52.6 Å². The molecule has 0 aliphatic carbocycles. The highest BCUT2D eigenvalue weighted by atomic mass is 16.5. The molecule has 0 spiro atoms. The van der Waals surface area contributed by atoms with Crippen LogP contribution in [0.15, 0.2) is 12.3 Å². The summed E-state index contributed by atoms with van der Waals surface area (Å²) in [5.74, 6) is -0.490. The molecule has 0 aromatic carbocycles. The first-order valence-corrected chi connectivity index (χ1v) is 4.70. The highest BCUT2D eigenvalue weighted by Gasteiger charge is 1.95. The normalized spacial score (nSPS) is 10.1. The van der Waals surface area contributed by atoms with Crippen LogP contribution in [0.4, 0.5) is 0 Å². The Morgan fingerprint density at radius 1 is 1.14 bits per heavy atom. The van der Waals surface area contributed by atoms with Crippen LogP contribution in [0.3, 0.4) is 0 Å². The van der Waals surface area contributed by atoms with Crippen LogP contribution in [-0.2, 0) is 19.1 Å². The SMILES string of the molecule is CCC(=O)OC=CCCOC(=O)CC. The van der Waals surface area contributed by atoms with Crippen LogP contribution < -0.4 is 0 Å². The van der Waals surface area contributed by atoms with Gasteiger partial charge in [-0.3, -0.25) is 9.59 Å². The number of ether oxygens (including phenoxy) is 2. The molecule has 0 heterocycles. The van der Waals surface area contributed by atoms with Crippen LogP contribution in [0, 0.1) is 0 Å². The summed E-state index contributed by atoms with van der Waals surface area (Å²) in [5, 5.41) is 0. The quantitative estimate of drug-likeness (QED) is 0.372. The number of carbonyl (C=O) groups is 2. The Hall–Kier alpha value is -1.32. The third kappa shape index (κ3) is 7.34. The fourth-order valence-corrected chi connectivity index (χ4v) is 0.618. The molecular formula is C10H16O4. The summed E-state index contributed by atoms with van der Waals surface area (Å²) in [6.07, 6.45) is 4.27. The van der Waals surface area contributed by atoms with E-state index >= 15 is 0 Å². The zero-order valence-corrected chi connectivity index (χ0v) is 8.62. The smallest absolute Gasteiger partial charge is 0.310 e. The number of rotatable bonds is 6. The molecule has 0 aromatic rings. The van der Waals surface area contributed by atoms with Crippen molar-refractivity contribution < 1.29 is 19.1 Å². The summed E-state index contributed by atoms with van der Waals surface area (Å²) in [7, 11) is 0. The molecule has 80 valence electrons. The predicted octanol–water partition coefficient (Wildman–Crippen LogP) is 1.80. The molecule has 0 saturated heterocycles. The van der Waals surface area contributed by atoms with E-state index in [1.165, 1.54) is 6.26 Å². The highest BCUT2D eigenvalue weighted by molar-refractivity contribution is 5.69. The Balaban J connectivity index is 3.36. The molecule has 0 aliphatic heterocycles. The molecule has 0 unspecified atom stereocenters. The van der Waals surface area contributed by atoms with Gasteiger partial charge in [0.25, 0.3) is 0 Å².